The fourth-order valence-electron chi connectivity index (χ4n) is 1.04. The summed E-state index contributed by atoms with van der Waals surface area (Å²) in [5.41, 5.74) is 0. The summed E-state index contributed by atoms with van der Waals surface area (Å²) in [7, 11) is 0. The van der Waals surface area contributed by atoms with Crippen LogP contribution in [0.3, 0.4) is 0 Å². The topological polar surface area (TPSA) is 48.7 Å². The predicted molar refractivity (Wildman–Crippen MR) is 55.0 cm³/mol. The Morgan fingerprint density at radius 2 is 2.13 bits per heavy atom. The van der Waals surface area contributed by atoms with Crippen LogP contribution < -0.4 is 0 Å². The van der Waals surface area contributed by atoms with Crippen LogP contribution in [0.2, 0.25) is 0 Å². The fraction of sp³-hybridized carbons (Fsp3) is 0.545. The molecule has 0 aliphatic heterocycles. The molecule has 0 radical (unpaired) electrons. The number of carbonyl (C=O) groups is 1. The molecular weight excluding hydrogens is 196 g/mol. The minimum Gasteiger partial charge on any atom is -0.461 e. The number of hydrogen-bond donors (Lipinski definition) is 0. The molecule has 0 saturated heterocycles. The molecule has 0 aromatic carbocycles. The van der Waals surface area contributed by atoms with E-state index in [9.17, 15) is 4.79 Å². The number of hydrogen-bond acceptors (Lipinski definition) is 4. The Bertz CT molecular complexity index is 266. The van der Waals surface area contributed by atoms with Crippen LogP contribution in [0.4, 0.5) is 0 Å². The standard InChI is InChI=1S/C11H16O4/c1-2-5-13-7-8-14-9-10(12)11-4-3-6-15-11/h3-4,6H,2,5,7-9H2,1H3. The van der Waals surface area contributed by atoms with Crippen LogP contribution in [0, 0.1) is 0 Å². The van der Waals surface area contributed by atoms with Crippen LogP contribution >= 0.6 is 0 Å². The lowest BCUT2D eigenvalue weighted by molar-refractivity contribution is 0.0429. The number of furan rings is 1. The van der Waals surface area contributed by atoms with Gasteiger partial charge in [0.2, 0.25) is 5.78 Å². The van der Waals surface area contributed by atoms with Gasteiger partial charge >= 0.3 is 0 Å². The van der Waals surface area contributed by atoms with E-state index < -0.39 is 0 Å². The first-order valence-corrected chi connectivity index (χ1v) is 5.06. The summed E-state index contributed by atoms with van der Waals surface area (Å²) < 4.78 is 15.3. The lowest BCUT2D eigenvalue weighted by Crippen LogP contribution is -2.12. The number of ether oxygens (including phenoxy) is 2. The van der Waals surface area contributed by atoms with Crippen molar-refractivity contribution < 1.29 is 18.7 Å². The van der Waals surface area contributed by atoms with Crippen molar-refractivity contribution in [1.29, 1.82) is 0 Å². The van der Waals surface area contributed by atoms with E-state index in [2.05, 4.69) is 0 Å². The number of Topliss-reactive ketones (excluding diaryl/α,β-unsaturated/α-hetero) is 1. The van der Waals surface area contributed by atoms with Gasteiger partial charge in [-0.05, 0) is 18.6 Å². The zero-order chi connectivity index (χ0) is 10.9. The number of carbonyl (C=O) groups excluding carboxylic acids is 1. The highest BCUT2D eigenvalue weighted by atomic mass is 16.5. The Morgan fingerprint density at radius 1 is 1.33 bits per heavy atom. The SMILES string of the molecule is CCCOCCOCC(=O)c1ccco1. The average molecular weight is 212 g/mol. The smallest absolute Gasteiger partial charge is 0.223 e. The summed E-state index contributed by atoms with van der Waals surface area (Å²) >= 11 is 0. The van der Waals surface area contributed by atoms with Crippen molar-refractivity contribution in [2.45, 2.75) is 13.3 Å². The Morgan fingerprint density at radius 3 is 2.80 bits per heavy atom. The van der Waals surface area contributed by atoms with Crippen molar-refractivity contribution in [1.82, 2.24) is 0 Å². The maximum absolute atomic E-state index is 11.3. The van der Waals surface area contributed by atoms with Crippen LogP contribution in [0.25, 0.3) is 0 Å². The molecule has 1 heterocycles. The molecule has 1 rings (SSSR count). The van der Waals surface area contributed by atoms with E-state index in [-0.39, 0.29) is 12.4 Å². The van der Waals surface area contributed by atoms with E-state index >= 15 is 0 Å². The minimum absolute atomic E-state index is 0.0446. The first kappa shape index (κ1) is 11.9. The fourth-order valence-corrected chi connectivity index (χ4v) is 1.04. The molecule has 4 heteroatoms. The molecule has 0 aliphatic carbocycles. The maximum Gasteiger partial charge on any atom is 0.223 e. The maximum atomic E-state index is 11.3. The molecule has 84 valence electrons. The van der Waals surface area contributed by atoms with Crippen molar-refractivity contribution >= 4 is 5.78 Å². The lowest BCUT2D eigenvalue weighted by atomic mass is 10.3. The van der Waals surface area contributed by atoms with Crippen molar-refractivity contribution in [3.8, 4) is 0 Å². The highest BCUT2D eigenvalue weighted by Crippen LogP contribution is 2.01. The molecule has 0 N–H and O–H groups in total. The lowest BCUT2D eigenvalue weighted by Gasteiger charge is -2.03. The summed E-state index contributed by atoms with van der Waals surface area (Å²) in [4.78, 5) is 11.3. The van der Waals surface area contributed by atoms with E-state index in [0.717, 1.165) is 13.0 Å². The number of rotatable bonds is 8. The summed E-state index contributed by atoms with van der Waals surface area (Å²) in [6.07, 6.45) is 2.46. The summed E-state index contributed by atoms with van der Waals surface area (Å²) in [5.74, 6) is 0.194. The largest absolute Gasteiger partial charge is 0.461 e. The molecule has 0 fully saturated rings. The van der Waals surface area contributed by atoms with Gasteiger partial charge in [0, 0.05) is 6.61 Å². The molecule has 0 amide bonds. The van der Waals surface area contributed by atoms with Crippen LogP contribution in [-0.4, -0.2) is 32.2 Å². The summed E-state index contributed by atoms with van der Waals surface area (Å²) in [6, 6.07) is 3.30. The van der Waals surface area contributed by atoms with Gasteiger partial charge in [0.15, 0.2) is 5.76 Å². The average Bonchev–Trinajstić information content (AvgIpc) is 2.76. The third-order valence-electron chi connectivity index (χ3n) is 1.75. The monoisotopic (exact) mass is 212 g/mol. The van der Waals surface area contributed by atoms with E-state index in [1.54, 1.807) is 12.1 Å². The van der Waals surface area contributed by atoms with Crippen LogP contribution in [0.5, 0.6) is 0 Å². The van der Waals surface area contributed by atoms with E-state index in [0.29, 0.717) is 19.0 Å². The van der Waals surface area contributed by atoms with Gasteiger partial charge in [-0.15, -0.1) is 0 Å². The second kappa shape index (κ2) is 7.20. The Labute approximate surface area is 89.2 Å². The van der Waals surface area contributed by atoms with E-state index in [4.69, 9.17) is 13.9 Å². The van der Waals surface area contributed by atoms with Gasteiger partial charge in [0.25, 0.3) is 0 Å². The predicted octanol–water partition coefficient (Wildman–Crippen LogP) is 1.91. The van der Waals surface area contributed by atoms with E-state index in [1.165, 1.54) is 6.26 Å². The third kappa shape index (κ3) is 4.76. The second-order valence-corrected chi connectivity index (χ2v) is 3.07. The van der Waals surface area contributed by atoms with Gasteiger partial charge < -0.3 is 13.9 Å². The zero-order valence-corrected chi connectivity index (χ0v) is 8.90. The summed E-state index contributed by atoms with van der Waals surface area (Å²) in [5, 5.41) is 0. The molecule has 0 spiro atoms. The van der Waals surface area contributed by atoms with Crippen LogP contribution in [0.15, 0.2) is 22.8 Å². The molecule has 1 aromatic heterocycles. The van der Waals surface area contributed by atoms with Gasteiger partial charge in [-0.1, -0.05) is 6.92 Å². The second-order valence-electron chi connectivity index (χ2n) is 3.07. The highest BCUT2D eigenvalue weighted by Gasteiger charge is 2.07. The minimum atomic E-state index is -0.143. The van der Waals surface area contributed by atoms with Gasteiger partial charge in [0.05, 0.1) is 19.5 Å². The third-order valence-corrected chi connectivity index (χ3v) is 1.75. The molecule has 0 atom stereocenters. The highest BCUT2D eigenvalue weighted by molar-refractivity contribution is 5.94. The molecule has 0 unspecified atom stereocenters. The molecule has 15 heavy (non-hydrogen) atoms. The Hall–Kier alpha value is -1.13. The van der Waals surface area contributed by atoms with Crippen molar-refractivity contribution in [2.24, 2.45) is 0 Å². The van der Waals surface area contributed by atoms with E-state index in [1.807, 2.05) is 6.92 Å². The molecule has 0 saturated carbocycles. The molecule has 1 aromatic rings. The van der Waals surface area contributed by atoms with Crippen molar-refractivity contribution in [2.75, 3.05) is 26.4 Å². The number of ketones is 1. The van der Waals surface area contributed by atoms with Crippen LogP contribution in [0.1, 0.15) is 23.9 Å². The van der Waals surface area contributed by atoms with Gasteiger partial charge in [-0.3, -0.25) is 4.79 Å². The zero-order valence-electron chi connectivity index (χ0n) is 8.90. The quantitative estimate of drug-likeness (QED) is 0.488. The van der Waals surface area contributed by atoms with Crippen LogP contribution in [-0.2, 0) is 9.47 Å². The van der Waals surface area contributed by atoms with Gasteiger partial charge in [-0.25, -0.2) is 0 Å². The first-order valence-electron chi connectivity index (χ1n) is 5.06. The molecule has 0 aliphatic rings. The first-order chi connectivity index (χ1) is 7.34. The summed E-state index contributed by atoms with van der Waals surface area (Å²) in [6.45, 7) is 3.78. The van der Waals surface area contributed by atoms with Crippen molar-refractivity contribution in [3.63, 3.8) is 0 Å². The Balaban J connectivity index is 2.03. The Kier molecular flexibility index (Phi) is 5.73. The molecule has 0 bridgehead atoms. The van der Waals surface area contributed by atoms with Gasteiger partial charge in [0.1, 0.15) is 6.61 Å². The molecule has 4 nitrogen and oxygen atoms in total. The molecular formula is C11H16O4. The van der Waals surface area contributed by atoms with Crippen molar-refractivity contribution in [3.05, 3.63) is 24.2 Å². The normalized spacial score (nSPS) is 10.5. The van der Waals surface area contributed by atoms with Gasteiger partial charge in [-0.2, -0.15) is 0 Å².